The second-order valence-electron chi connectivity index (χ2n) is 7.94. The second-order valence-corrected chi connectivity index (χ2v) is 8.92. The van der Waals surface area contributed by atoms with Gasteiger partial charge in [0.1, 0.15) is 42.1 Å². The Labute approximate surface area is 188 Å². The Hall–Kier alpha value is -2.33. The van der Waals surface area contributed by atoms with Gasteiger partial charge in [0.2, 0.25) is 0 Å². The molecule has 0 bridgehead atoms. The van der Waals surface area contributed by atoms with E-state index in [-0.39, 0.29) is 11.5 Å². The van der Waals surface area contributed by atoms with Crippen molar-refractivity contribution >= 4 is 11.3 Å². The van der Waals surface area contributed by atoms with Crippen molar-refractivity contribution < 1.29 is 34.7 Å². The van der Waals surface area contributed by atoms with Crippen molar-refractivity contribution in [3.63, 3.8) is 0 Å². The minimum Gasteiger partial charge on any atom is -0.507 e. The minimum atomic E-state index is -1.60. The van der Waals surface area contributed by atoms with E-state index in [0.29, 0.717) is 12.0 Å². The SMILES string of the molecule is OC[C@H]1O[C@@H](c2cc(C(Cc3ccccc3)c3cccs3)c(F)cc2O)[C@H](O)[C@@H](O)[C@@H]1O. The summed E-state index contributed by atoms with van der Waals surface area (Å²) in [6, 6.07) is 15.8. The molecule has 4 rings (SSSR count). The number of thiophene rings is 1. The van der Waals surface area contributed by atoms with Gasteiger partial charge in [0, 0.05) is 22.4 Å². The zero-order valence-electron chi connectivity index (χ0n) is 17.1. The van der Waals surface area contributed by atoms with E-state index in [4.69, 9.17) is 4.74 Å². The van der Waals surface area contributed by atoms with E-state index in [0.717, 1.165) is 16.5 Å². The zero-order chi connectivity index (χ0) is 22.8. The van der Waals surface area contributed by atoms with E-state index in [9.17, 15) is 25.5 Å². The summed E-state index contributed by atoms with van der Waals surface area (Å²) in [5.41, 5.74) is 1.39. The summed E-state index contributed by atoms with van der Waals surface area (Å²) in [4.78, 5) is 0.929. The second kappa shape index (κ2) is 9.66. The molecule has 0 radical (unpaired) electrons. The number of hydrogen-bond donors (Lipinski definition) is 5. The van der Waals surface area contributed by atoms with Crippen LogP contribution in [0.2, 0.25) is 0 Å². The number of phenols is 1. The quantitative estimate of drug-likeness (QED) is 0.387. The molecule has 170 valence electrons. The Morgan fingerprint density at radius 3 is 2.38 bits per heavy atom. The summed E-state index contributed by atoms with van der Waals surface area (Å²) in [6.07, 6.45) is -6.58. The monoisotopic (exact) mass is 460 g/mol. The summed E-state index contributed by atoms with van der Waals surface area (Å²) in [6.45, 7) is -0.595. The van der Waals surface area contributed by atoms with Crippen LogP contribution in [0.15, 0.2) is 60.0 Å². The number of phenolic OH excluding ortho intramolecular Hbond substituents is 1. The predicted octanol–water partition coefficient (Wildman–Crippen LogP) is 2.48. The van der Waals surface area contributed by atoms with Crippen LogP contribution in [-0.4, -0.2) is 56.6 Å². The number of ether oxygens (including phenoxy) is 1. The fraction of sp³-hybridized carbons (Fsp3) is 0.333. The maximum atomic E-state index is 15.1. The molecule has 1 unspecified atom stereocenters. The molecule has 2 heterocycles. The van der Waals surface area contributed by atoms with Crippen molar-refractivity contribution in [2.45, 2.75) is 42.9 Å². The van der Waals surface area contributed by atoms with Crippen LogP contribution >= 0.6 is 11.3 Å². The van der Waals surface area contributed by atoms with Crippen LogP contribution < -0.4 is 0 Å². The Morgan fingerprint density at radius 2 is 1.72 bits per heavy atom. The molecule has 3 aromatic rings. The molecule has 0 amide bonds. The lowest BCUT2D eigenvalue weighted by Gasteiger charge is -2.40. The van der Waals surface area contributed by atoms with Gasteiger partial charge >= 0.3 is 0 Å². The van der Waals surface area contributed by atoms with Gasteiger partial charge in [-0.05, 0) is 35.1 Å². The first-order chi connectivity index (χ1) is 15.4. The molecule has 0 spiro atoms. The van der Waals surface area contributed by atoms with Crippen LogP contribution in [0.4, 0.5) is 4.39 Å². The third-order valence-corrected chi connectivity index (χ3v) is 6.88. The molecule has 1 saturated heterocycles. The van der Waals surface area contributed by atoms with Gasteiger partial charge in [-0.3, -0.25) is 0 Å². The summed E-state index contributed by atoms with van der Waals surface area (Å²) in [5, 5.41) is 52.6. The normalized spacial score (nSPS) is 26.7. The van der Waals surface area contributed by atoms with E-state index in [1.807, 2.05) is 47.8 Å². The molecule has 2 aromatic carbocycles. The molecule has 1 fully saturated rings. The van der Waals surface area contributed by atoms with Crippen molar-refractivity contribution in [1.82, 2.24) is 0 Å². The molecular formula is C24H25FO6S. The molecule has 0 aliphatic carbocycles. The maximum absolute atomic E-state index is 15.1. The molecule has 1 aliphatic heterocycles. The number of aromatic hydroxyl groups is 1. The fourth-order valence-corrected chi connectivity index (χ4v) is 5.00. The van der Waals surface area contributed by atoms with E-state index in [2.05, 4.69) is 0 Å². The molecule has 6 nitrogen and oxygen atoms in total. The van der Waals surface area contributed by atoms with E-state index in [1.165, 1.54) is 17.4 Å². The number of rotatable bonds is 6. The van der Waals surface area contributed by atoms with Crippen LogP contribution in [0.5, 0.6) is 5.75 Å². The Bertz CT molecular complexity index is 1030. The van der Waals surface area contributed by atoms with Gasteiger partial charge in [-0.15, -0.1) is 11.3 Å². The van der Waals surface area contributed by atoms with Crippen molar-refractivity contribution in [2.24, 2.45) is 0 Å². The maximum Gasteiger partial charge on any atom is 0.130 e. The number of benzene rings is 2. The zero-order valence-corrected chi connectivity index (χ0v) is 17.9. The standard InChI is InChI=1S/C24H25FO6S/c25-17-11-18(27)16(24-23(30)22(29)21(28)19(12-26)31-24)10-14(17)15(20-7-4-8-32-20)9-13-5-2-1-3-6-13/h1-8,10-11,15,19,21-24,26-30H,9,12H2/t15?,19-,21-,22+,23-,24+/m1/s1. The molecule has 8 heteroatoms. The van der Waals surface area contributed by atoms with Crippen LogP contribution in [-0.2, 0) is 11.2 Å². The third kappa shape index (κ3) is 4.43. The highest BCUT2D eigenvalue weighted by Crippen LogP contribution is 2.41. The minimum absolute atomic E-state index is 0.0768. The summed E-state index contributed by atoms with van der Waals surface area (Å²) in [7, 11) is 0. The van der Waals surface area contributed by atoms with Gasteiger partial charge in [-0.1, -0.05) is 36.4 Å². The topological polar surface area (TPSA) is 110 Å². The average Bonchev–Trinajstić information content (AvgIpc) is 3.33. The lowest BCUT2D eigenvalue weighted by Crippen LogP contribution is -2.55. The number of aliphatic hydroxyl groups is 4. The van der Waals surface area contributed by atoms with Crippen molar-refractivity contribution in [1.29, 1.82) is 0 Å². The number of hydrogen-bond acceptors (Lipinski definition) is 7. The van der Waals surface area contributed by atoms with Gasteiger partial charge in [-0.2, -0.15) is 0 Å². The van der Waals surface area contributed by atoms with E-state index >= 15 is 4.39 Å². The average molecular weight is 461 g/mol. The summed E-state index contributed by atoms with van der Waals surface area (Å²) < 4.78 is 20.7. The van der Waals surface area contributed by atoms with Gasteiger partial charge in [-0.25, -0.2) is 4.39 Å². The molecule has 1 aromatic heterocycles. The van der Waals surface area contributed by atoms with Crippen LogP contribution in [0, 0.1) is 5.82 Å². The Balaban J connectivity index is 1.76. The van der Waals surface area contributed by atoms with Crippen LogP contribution in [0.3, 0.4) is 0 Å². The number of halogens is 1. The van der Waals surface area contributed by atoms with Crippen molar-refractivity contribution in [3.8, 4) is 5.75 Å². The molecule has 1 aliphatic rings. The van der Waals surface area contributed by atoms with Gasteiger partial charge in [0.05, 0.1) is 6.61 Å². The van der Waals surface area contributed by atoms with Gasteiger partial charge < -0.3 is 30.3 Å². The van der Waals surface area contributed by atoms with Crippen molar-refractivity contribution in [2.75, 3.05) is 6.61 Å². The lowest BCUT2D eigenvalue weighted by molar-refractivity contribution is -0.232. The molecule has 32 heavy (non-hydrogen) atoms. The molecular weight excluding hydrogens is 435 g/mol. The Morgan fingerprint density at radius 1 is 0.969 bits per heavy atom. The first-order valence-electron chi connectivity index (χ1n) is 10.3. The van der Waals surface area contributed by atoms with E-state index < -0.39 is 48.7 Å². The Kier molecular flexibility index (Phi) is 6.90. The van der Waals surface area contributed by atoms with Crippen LogP contribution in [0.25, 0.3) is 0 Å². The largest absolute Gasteiger partial charge is 0.507 e. The molecule has 6 atom stereocenters. The lowest BCUT2D eigenvalue weighted by atomic mass is 9.86. The fourth-order valence-electron chi connectivity index (χ4n) is 4.15. The highest BCUT2D eigenvalue weighted by molar-refractivity contribution is 7.10. The van der Waals surface area contributed by atoms with Gasteiger partial charge in [0.25, 0.3) is 0 Å². The molecule has 5 N–H and O–H groups in total. The highest BCUT2D eigenvalue weighted by atomic mass is 32.1. The van der Waals surface area contributed by atoms with Crippen molar-refractivity contribution in [3.05, 3.63) is 87.4 Å². The number of aliphatic hydroxyl groups excluding tert-OH is 4. The van der Waals surface area contributed by atoms with Gasteiger partial charge in [0.15, 0.2) is 0 Å². The predicted molar refractivity (Wildman–Crippen MR) is 117 cm³/mol. The first kappa shape index (κ1) is 22.8. The van der Waals surface area contributed by atoms with E-state index in [1.54, 1.807) is 0 Å². The van der Waals surface area contributed by atoms with Crippen LogP contribution in [0.1, 0.15) is 33.6 Å². The highest BCUT2D eigenvalue weighted by Gasteiger charge is 2.45. The molecule has 0 saturated carbocycles. The summed E-state index contributed by atoms with van der Waals surface area (Å²) in [5.74, 6) is -1.41. The third-order valence-electron chi connectivity index (χ3n) is 5.89. The first-order valence-corrected chi connectivity index (χ1v) is 11.2. The summed E-state index contributed by atoms with van der Waals surface area (Å²) >= 11 is 1.49. The smallest absolute Gasteiger partial charge is 0.130 e.